The average molecular weight is 212 g/mol. The molecular weight excluding hydrogens is 188 g/mol. The molecule has 0 saturated carbocycles. The van der Waals surface area contributed by atoms with E-state index in [-0.39, 0.29) is 0 Å². The Morgan fingerprint density at radius 3 is 2.40 bits per heavy atom. The first kappa shape index (κ1) is 11.4. The summed E-state index contributed by atoms with van der Waals surface area (Å²) in [5.74, 6) is 0.818. The molecule has 15 heavy (non-hydrogen) atoms. The molecule has 0 atom stereocenters. The van der Waals surface area contributed by atoms with Crippen molar-refractivity contribution in [3.05, 3.63) is 0 Å². The maximum Gasteiger partial charge on any atom is 0.0828 e. The summed E-state index contributed by atoms with van der Waals surface area (Å²) in [6.07, 6.45) is 3.19. The quantitative estimate of drug-likeness (QED) is 0.693. The molecule has 3 nitrogen and oxygen atoms in total. The maximum absolute atomic E-state index is 5.90. The van der Waals surface area contributed by atoms with E-state index >= 15 is 0 Å². The van der Waals surface area contributed by atoms with Gasteiger partial charge in [0.2, 0.25) is 0 Å². The van der Waals surface area contributed by atoms with Gasteiger partial charge in [-0.05, 0) is 45.4 Å². The van der Waals surface area contributed by atoms with Crippen molar-refractivity contribution in [2.45, 2.75) is 25.9 Å². The van der Waals surface area contributed by atoms with Crippen LogP contribution in [0.15, 0.2) is 0 Å². The minimum atomic E-state index is 0.527. The molecule has 2 aliphatic heterocycles. The zero-order valence-electron chi connectivity index (χ0n) is 10.1. The third kappa shape index (κ3) is 3.16. The number of hydrogen-bond acceptors (Lipinski definition) is 3. The molecule has 0 unspecified atom stereocenters. The van der Waals surface area contributed by atoms with E-state index in [1.807, 2.05) is 0 Å². The molecule has 2 fully saturated rings. The van der Waals surface area contributed by atoms with Crippen LogP contribution in [0.25, 0.3) is 0 Å². The second kappa shape index (κ2) is 5.28. The molecule has 0 bridgehead atoms. The van der Waals surface area contributed by atoms with Crippen LogP contribution < -0.4 is 0 Å². The molecule has 0 aromatic heterocycles. The second-order valence-electron chi connectivity index (χ2n) is 5.05. The minimum Gasteiger partial charge on any atom is -0.375 e. The van der Waals surface area contributed by atoms with Crippen LogP contribution >= 0.6 is 0 Å². The van der Waals surface area contributed by atoms with Crippen LogP contribution in [0, 0.1) is 5.92 Å². The molecule has 0 aromatic carbocycles. The summed E-state index contributed by atoms with van der Waals surface area (Å²) in [6.45, 7) is 9.27. The molecule has 0 spiro atoms. The molecule has 88 valence electrons. The Morgan fingerprint density at radius 1 is 1.20 bits per heavy atom. The zero-order chi connectivity index (χ0) is 10.7. The van der Waals surface area contributed by atoms with E-state index in [2.05, 4.69) is 23.8 Å². The molecule has 0 aliphatic carbocycles. The number of likely N-dealkylation sites (N-methyl/N-ethyl adjacent to an activating group) is 1. The van der Waals surface area contributed by atoms with Crippen molar-refractivity contribution in [3.63, 3.8) is 0 Å². The van der Waals surface area contributed by atoms with Gasteiger partial charge in [-0.25, -0.2) is 0 Å². The minimum absolute atomic E-state index is 0.527. The summed E-state index contributed by atoms with van der Waals surface area (Å²) in [4.78, 5) is 4.85. The lowest BCUT2D eigenvalue weighted by Gasteiger charge is -2.38. The Balaban J connectivity index is 1.56. The van der Waals surface area contributed by atoms with Gasteiger partial charge in [0.1, 0.15) is 0 Å². The van der Waals surface area contributed by atoms with Crippen LogP contribution in [0.3, 0.4) is 0 Å². The highest BCUT2D eigenvalue weighted by molar-refractivity contribution is 4.78. The standard InChI is InChI=1S/C12H24N2O/c1-3-14-6-4-11(5-7-14)10-15-12-8-13(2)9-12/h11-12H,3-10H2,1-2H3. The van der Waals surface area contributed by atoms with Gasteiger partial charge >= 0.3 is 0 Å². The first-order valence-electron chi connectivity index (χ1n) is 6.30. The molecule has 2 rings (SSSR count). The summed E-state index contributed by atoms with van der Waals surface area (Å²) in [5, 5.41) is 0. The number of piperidine rings is 1. The van der Waals surface area contributed by atoms with Crippen LogP contribution in [0.4, 0.5) is 0 Å². The summed E-state index contributed by atoms with van der Waals surface area (Å²) in [6, 6.07) is 0. The second-order valence-corrected chi connectivity index (χ2v) is 5.05. The van der Waals surface area contributed by atoms with Crippen molar-refractivity contribution in [2.24, 2.45) is 5.92 Å². The van der Waals surface area contributed by atoms with E-state index in [1.165, 1.54) is 32.5 Å². The van der Waals surface area contributed by atoms with Crippen molar-refractivity contribution in [2.75, 3.05) is 46.4 Å². The number of hydrogen-bond donors (Lipinski definition) is 0. The van der Waals surface area contributed by atoms with Crippen LogP contribution in [0.2, 0.25) is 0 Å². The fourth-order valence-electron chi connectivity index (χ4n) is 2.49. The van der Waals surface area contributed by atoms with Crippen LogP contribution in [-0.4, -0.2) is 62.3 Å². The van der Waals surface area contributed by atoms with Gasteiger partial charge in [-0.15, -0.1) is 0 Å². The van der Waals surface area contributed by atoms with E-state index in [0.29, 0.717) is 6.10 Å². The molecule has 2 heterocycles. The average Bonchev–Trinajstić information content (AvgIpc) is 2.23. The lowest BCUT2D eigenvalue weighted by atomic mass is 9.98. The topological polar surface area (TPSA) is 15.7 Å². The maximum atomic E-state index is 5.90. The van der Waals surface area contributed by atoms with Crippen molar-refractivity contribution >= 4 is 0 Å². The van der Waals surface area contributed by atoms with E-state index < -0.39 is 0 Å². The molecule has 2 aliphatic rings. The van der Waals surface area contributed by atoms with Gasteiger partial charge in [-0.2, -0.15) is 0 Å². The van der Waals surface area contributed by atoms with Crippen molar-refractivity contribution in [3.8, 4) is 0 Å². The Kier molecular flexibility index (Phi) is 4.00. The number of likely N-dealkylation sites (tertiary alicyclic amines) is 2. The summed E-state index contributed by atoms with van der Waals surface area (Å²) in [7, 11) is 2.15. The van der Waals surface area contributed by atoms with E-state index in [0.717, 1.165) is 25.6 Å². The van der Waals surface area contributed by atoms with Gasteiger partial charge in [0.05, 0.1) is 6.10 Å². The molecular formula is C12H24N2O. The molecule has 0 amide bonds. The lowest BCUT2D eigenvalue weighted by Crippen LogP contribution is -2.50. The number of nitrogens with zero attached hydrogens (tertiary/aromatic N) is 2. The Labute approximate surface area is 93.4 Å². The van der Waals surface area contributed by atoms with Gasteiger partial charge in [-0.1, -0.05) is 6.92 Å². The molecule has 2 saturated heterocycles. The Hall–Kier alpha value is -0.120. The predicted octanol–water partition coefficient (Wildman–Crippen LogP) is 1.05. The smallest absolute Gasteiger partial charge is 0.0828 e. The van der Waals surface area contributed by atoms with Gasteiger partial charge in [0.15, 0.2) is 0 Å². The predicted molar refractivity (Wildman–Crippen MR) is 62.1 cm³/mol. The van der Waals surface area contributed by atoms with Crippen LogP contribution in [0.1, 0.15) is 19.8 Å². The van der Waals surface area contributed by atoms with E-state index in [9.17, 15) is 0 Å². The highest BCUT2D eigenvalue weighted by Gasteiger charge is 2.25. The SMILES string of the molecule is CCN1CCC(COC2CN(C)C2)CC1. The van der Waals surface area contributed by atoms with Gasteiger partial charge in [0.25, 0.3) is 0 Å². The first-order valence-corrected chi connectivity index (χ1v) is 6.30. The first-order chi connectivity index (χ1) is 7.28. The number of rotatable bonds is 4. The molecule has 0 aromatic rings. The van der Waals surface area contributed by atoms with Crippen molar-refractivity contribution in [1.82, 2.24) is 9.80 Å². The van der Waals surface area contributed by atoms with E-state index in [4.69, 9.17) is 4.74 Å². The molecule has 0 N–H and O–H groups in total. The van der Waals surface area contributed by atoms with Crippen molar-refractivity contribution in [1.29, 1.82) is 0 Å². The highest BCUT2D eigenvalue weighted by atomic mass is 16.5. The third-order valence-electron chi connectivity index (χ3n) is 3.75. The Bertz CT molecular complexity index is 184. The monoisotopic (exact) mass is 212 g/mol. The number of ether oxygens (including phenoxy) is 1. The largest absolute Gasteiger partial charge is 0.375 e. The van der Waals surface area contributed by atoms with E-state index in [1.54, 1.807) is 0 Å². The summed E-state index contributed by atoms with van der Waals surface area (Å²) >= 11 is 0. The normalized spacial score (nSPS) is 26.8. The molecule has 3 heteroatoms. The summed E-state index contributed by atoms with van der Waals surface area (Å²) in [5.41, 5.74) is 0. The fraction of sp³-hybridized carbons (Fsp3) is 1.00. The van der Waals surface area contributed by atoms with Crippen LogP contribution in [0.5, 0.6) is 0 Å². The fourth-order valence-corrected chi connectivity index (χ4v) is 2.49. The Morgan fingerprint density at radius 2 is 1.87 bits per heavy atom. The van der Waals surface area contributed by atoms with Crippen molar-refractivity contribution < 1.29 is 4.74 Å². The van der Waals surface area contributed by atoms with Gasteiger partial charge in [-0.3, -0.25) is 0 Å². The van der Waals surface area contributed by atoms with Gasteiger partial charge in [0, 0.05) is 19.7 Å². The highest BCUT2D eigenvalue weighted by Crippen LogP contribution is 2.19. The third-order valence-corrected chi connectivity index (χ3v) is 3.75. The van der Waals surface area contributed by atoms with Crippen LogP contribution in [-0.2, 0) is 4.74 Å². The van der Waals surface area contributed by atoms with Gasteiger partial charge < -0.3 is 14.5 Å². The zero-order valence-corrected chi connectivity index (χ0v) is 10.1. The lowest BCUT2D eigenvalue weighted by molar-refractivity contribution is -0.0615. The summed E-state index contributed by atoms with van der Waals surface area (Å²) < 4.78 is 5.90. The molecule has 0 radical (unpaired) electrons.